The maximum absolute atomic E-state index is 9.98. The Kier molecular flexibility index (Phi) is 2.76. The second-order valence-electron chi connectivity index (χ2n) is 0.752. The van der Waals surface area contributed by atoms with Crippen LogP contribution in [0.25, 0.3) is 0 Å². The van der Waals surface area contributed by atoms with E-state index in [0.717, 1.165) is 2.95 Å². The Morgan fingerprint density at radius 1 is 1.67 bits per heavy atom. The Morgan fingerprint density at radius 3 is 1.83 bits per heavy atom. The quantitative estimate of drug-likeness (QED) is 0.562. The van der Waals surface area contributed by atoms with Crippen LogP contribution in [0.5, 0.6) is 0 Å². The molecule has 0 heterocycles. The Labute approximate surface area is 53.2 Å². The van der Waals surface area contributed by atoms with Gasteiger partial charge in [-0.2, -0.15) is 0 Å². The van der Waals surface area contributed by atoms with Crippen molar-refractivity contribution in [3.63, 3.8) is 0 Å². The van der Waals surface area contributed by atoms with E-state index in [4.69, 9.17) is 0 Å². The van der Waals surface area contributed by atoms with E-state index in [1.54, 1.807) is 0 Å². The van der Waals surface area contributed by atoms with Crippen molar-refractivity contribution in [3.8, 4) is 0 Å². The number of carbonyl (C=O) groups excluding carboxylic acids is 1. The molecule has 0 N–H and O–H groups in total. The molecule has 0 bridgehead atoms. The molecule has 0 radical (unpaired) electrons. The molecule has 0 atom stereocenters. The Morgan fingerprint density at radius 2 is 1.83 bits per heavy atom. The summed E-state index contributed by atoms with van der Waals surface area (Å²) >= 11 is 5.68. The number of amides is 1. The van der Waals surface area contributed by atoms with E-state index in [1.807, 2.05) is 0 Å². The third kappa shape index (κ3) is 2.66. The van der Waals surface area contributed by atoms with E-state index in [0.29, 0.717) is 0 Å². The minimum Gasteiger partial charge on any atom is -0.273 e. The second kappa shape index (κ2) is 2.58. The molecule has 0 aliphatic rings. The molecule has 1 amide bonds. The normalized spacial score (nSPS) is 7.83. The van der Waals surface area contributed by atoms with Gasteiger partial charge in [0, 0.05) is 6.92 Å². The summed E-state index contributed by atoms with van der Waals surface area (Å²) in [5.74, 6) is -0.0741. The highest BCUT2D eigenvalue weighted by atomic mass is 79.9. The van der Waals surface area contributed by atoms with Gasteiger partial charge in [-0.25, -0.2) is 2.95 Å². The van der Waals surface area contributed by atoms with Gasteiger partial charge in [0.25, 0.3) is 0 Å². The van der Waals surface area contributed by atoms with Crippen LogP contribution in [0.3, 0.4) is 0 Å². The van der Waals surface area contributed by atoms with Crippen molar-refractivity contribution < 1.29 is 4.79 Å². The molecular weight excluding hydrogens is 214 g/mol. The minimum atomic E-state index is -0.0741. The van der Waals surface area contributed by atoms with Gasteiger partial charge in [0.1, 0.15) is 0 Å². The molecule has 0 saturated carbocycles. The summed E-state index contributed by atoms with van der Waals surface area (Å²) in [5, 5.41) is 0. The summed E-state index contributed by atoms with van der Waals surface area (Å²) in [6.45, 7) is 1.43. The maximum atomic E-state index is 9.98. The first-order valence-corrected chi connectivity index (χ1v) is 2.68. The molecule has 6 heavy (non-hydrogen) atoms. The number of hydrogen-bond acceptors (Lipinski definition) is 1. The molecule has 0 saturated heterocycles. The fraction of sp³-hybridized carbons (Fsp3) is 0.500. The van der Waals surface area contributed by atoms with Crippen LogP contribution in [0, 0.1) is 0 Å². The van der Waals surface area contributed by atoms with Crippen LogP contribution in [-0.4, -0.2) is 8.86 Å². The van der Waals surface area contributed by atoms with Crippen molar-refractivity contribution in [3.05, 3.63) is 0 Å². The van der Waals surface area contributed by atoms with Gasteiger partial charge in [-0.15, -0.1) is 0 Å². The number of rotatable bonds is 0. The lowest BCUT2D eigenvalue weighted by atomic mass is 10.8. The van der Waals surface area contributed by atoms with E-state index in [-0.39, 0.29) is 5.91 Å². The van der Waals surface area contributed by atoms with Gasteiger partial charge < -0.3 is 0 Å². The Hall–Kier alpha value is 0.430. The van der Waals surface area contributed by atoms with Gasteiger partial charge >= 0.3 is 0 Å². The summed E-state index contributed by atoms with van der Waals surface area (Å²) in [6, 6.07) is 0. The molecular formula is C2H3Br2NO. The molecule has 4 heteroatoms. The highest BCUT2D eigenvalue weighted by Crippen LogP contribution is 2.03. The Bertz CT molecular complexity index is 62.6. The van der Waals surface area contributed by atoms with Gasteiger partial charge in [0.05, 0.1) is 32.3 Å². The molecule has 0 aromatic rings. The highest BCUT2D eigenvalue weighted by molar-refractivity contribution is 9.21. The largest absolute Gasteiger partial charge is 0.273 e. The summed E-state index contributed by atoms with van der Waals surface area (Å²) in [6.07, 6.45) is 0. The number of carbonyl (C=O) groups is 1. The van der Waals surface area contributed by atoms with Crippen molar-refractivity contribution in [2.24, 2.45) is 0 Å². The molecule has 2 nitrogen and oxygen atoms in total. The molecule has 36 valence electrons. The van der Waals surface area contributed by atoms with Crippen LogP contribution >= 0.6 is 32.3 Å². The standard InChI is InChI=1S/C2H3Br2NO/c1-2(6)5(3)4/h1H3. The van der Waals surface area contributed by atoms with Gasteiger partial charge in [0.15, 0.2) is 0 Å². The van der Waals surface area contributed by atoms with E-state index in [1.165, 1.54) is 6.92 Å². The lowest BCUT2D eigenvalue weighted by molar-refractivity contribution is -0.120. The summed E-state index contributed by atoms with van der Waals surface area (Å²) in [7, 11) is 0. The number of halogens is 2. The van der Waals surface area contributed by atoms with Gasteiger partial charge in [0.2, 0.25) is 5.91 Å². The molecule has 0 spiro atoms. The van der Waals surface area contributed by atoms with Gasteiger partial charge in [-0.3, -0.25) is 4.79 Å². The molecule has 0 aliphatic heterocycles. The third-order valence-electron chi connectivity index (χ3n) is 0.238. The fourth-order valence-corrected chi connectivity index (χ4v) is 0. The van der Waals surface area contributed by atoms with Crippen molar-refractivity contribution in [2.45, 2.75) is 6.92 Å². The first-order valence-electron chi connectivity index (χ1n) is 1.27. The zero-order valence-electron chi connectivity index (χ0n) is 3.11. The number of nitrogens with zero attached hydrogens (tertiary/aromatic N) is 1. The SMILES string of the molecule is CC(=O)N(Br)Br. The summed E-state index contributed by atoms with van der Waals surface area (Å²) < 4.78 is 1.15. The maximum Gasteiger partial charge on any atom is 0.239 e. The van der Waals surface area contributed by atoms with Crippen molar-refractivity contribution in [1.29, 1.82) is 0 Å². The monoisotopic (exact) mass is 215 g/mol. The van der Waals surface area contributed by atoms with E-state index in [2.05, 4.69) is 32.3 Å². The van der Waals surface area contributed by atoms with Crippen LogP contribution in [-0.2, 0) is 4.79 Å². The van der Waals surface area contributed by atoms with E-state index >= 15 is 0 Å². The van der Waals surface area contributed by atoms with Crippen LogP contribution in [0.4, 0.5) is 0 Å². The predicted octanol–water partition coefficient (Wildman–Crippen LogP) is 1.45. The average Bonchev–Trinajstić information content (AvgIpc) is 1.36. The minimum absolute atomic E-state index is 0.0741. The summed E-state index contributed by atoms with van der Waals surface area (Å²) in [4.78, 5) is 9.98. The van der Waals surface area contributed by atoms with Crippen molar-refractivity contribution in [2.75, 3.05) is 0 Å². The predicted molar refractivity (Wildman–Crippen MR) is 30.4 cm³/mol. The zero-order valence-corrected chi connectivity index (χ0v) is 6.28. The number of hydrogen-bond donors (Lipinski definition) is 0. The van der Waals surface area contributed by atoms with Crippen molar-refractivity contribution >= 4 is 38.2 Å². The highest BCUT2D eigenvalue weighted by Gasteiger charge is 1.93. The second-order valence-corrected chi connectivity index (χ2v) is 3.12. The van der Waals surface area contributed by atoms with Crippen LogP contribution in [0.1, 0.15) is 6.92 Å². The molecule has 0 rings (SSSR count). The molecule has 0 fully saturated rings. The molecule has 0 aliphatic carbocycles. The van der Waals surface area contributed by atoms with Crippen LogP contribution in [0.15, 0.2) is 0 Å². The average molecular weight is 217 g/mol. The van der Waals surface area contributed by atoms with Crippen LogP contribution in [0.2, 0.25) is 0 Å². The molecule has 0 unspecified atom stereocenters. The Balaban J connectivity index is 3.26. The van der Waals surface area contributed by atoms with Crippen LogP contribution < -0.4 is 0 Å². The lowest BCUT2D eigenvalue weighted by Gasteiger charge is -1.94. The van der Waals surface area contributed by atoms with E-state index in [9.17, 15) is 4.79 Å². The van der Waals surface area contributed by atoms with Crippen molar-refractivity contribution in [1.82, 2.24) is 2.95 Å². The van der Waals surface area contributed by atoms with E-state index < -0.39 is 0 Å². The third-order valence-corrected chi connectivity index (χ3v) is 1.24. The van der Waals surface area contributed by atoms with Gasteiger partial charge in [-0.05, 0) is 0 Å². The zero-order chi connectivity index (χ0) is 5.15. The smallest absolute Gasteiger partial charge is 0.239 e. The fourth-order valence-electron chi connectivity index (χ4n) is 0. The molecule has 0 aromatic carbocycles. The first-order chi connectivity index (χ1) is 2.64. The van der Waals surface area contributed by atoms with Gasteiger partial charge in [-0.1, -0.05) is 0 Å². The molecule has 0 aromatic heterocycles. The lowest BCUT2D eigenvalue weighted by Crippen LogP contribution is -2.01. The first kappa shape index (κ1) is 6.43. The summed E-state index contributed by atoms with van der Waals surface area (Å²) in [5.41, 5.74) is 0. The topological polar surface area (TPSA) is 20.3 Å².